The van der Waals surface area contributed by atoms with Crippen molar-refractivity contribution in [1.82, 2.24) is 20.1 Å². The van der Waals surface area contributed by atoms with Gasteiger partial charge in [-0.2, -0.15) is 5.10 Å². The van der Waals surface area contributed by atoms with E-state index in [4.69, 9.17) is 5.73 Å². The topological polar surface area (TPSA) is 122 Å². The first-order valence-electron chi connectivity index (χ1n) is 5.28. The predicted molar refractivity (Wildman–Crippen MR) is 62.1 cm³/mol. The minimum Gasteiger partial charge on any atom is -0.398 e. The fraction of sp³-hybridized carbons (Fsp3) is 0. The zero-order valence-electron chi connectivity index (χ0n) is 9.45. The molecule has 2 aromatic rings. The summed E-state index contributed by atoms with van der Waals surface area (Å²) in [6.45, 7) is 0. The summed E-state index contributed by atoms with van der Waals surface area (Å²) >= 11 is 0. The van der Waals surface area contributed by atoms with Gasteiger partial charge < -0.3 is 5.73 Å². The number of nitrogens with one attached hydrogen (secondary N) is 1. The molecule has 1 aromatic carbocycles. The molecule has 0 fully saturated rings. The third kappa shape index (κ3) is 1.43. The number of imide groups is 3. The highest BCUT2D eigenvalue weighted by Gasteiger charge is 2.42. The quantitative estimate of drug-likeness (QED) is 0.540. The van der Waals surface area contributed by atoms with Crippen LogP contribution < -0.4 is 5.73 Å². The number of hydrogen-bond acceptors (Lipinski definition) is 6. The number of rotatable bonds is 1. The summed E-state index contributed by atoms with van der Waals surface area (Å²) in [5, 5.41) is 5.81. The summed E-state index contributed by atoms with van der Waals surface area (Å²) in [4.78, 5) is 40.3. The molecule has 19 heavy (non-hydrogen) atoms. The van der Waals surface area contributed by atoms with E-state index >= 15 is 0 Å². The first-order valence-corrected chi connectivity index (χ1v) is 5.28. The number of benzene rings is 1. The molecule has 1 aliphatic heterocycles. The highest BCUT2D eigenvalue weighted by molar-refractivity contribution is 6.32. The molecule has 1 aliphatic rings. The first-order chi connectivity index (χ1) is 9.11. The lowest BCUT2D eigenvalue weighted by molar-refractivity contribution is 0.0561. The van der Waals surface area contributed by atoms with Crippen LogP contribution in [-0.4, -0.2) is 37.8 Å². The molecule has 8 nitrogen and oxygen atoms in total. The average molecular weight is 257 g/mol. The number of nitrogens with two attached hydrogens (primary N) is 1. The number of fused-ring (bicyclic) bond motifs is 1. The Morgan fingerprint density at radius 1 is 1.26 bits per heavy atom. The number of nitrogens with zero attached hydrogens (tertiary/aromatic N) is 3. The monoisotopic (exact) mass is 257 g/mol. The maximum absolute atomic E-state index is 12.1. The average Bonchev–Trinajstić information content (AvgIpc) is 2.98. The van der Waals surface area contributed by atoms with Gasteiger partial charge in [-0.25, -0.2) is 9.88 Å². The molecular formula is C11H7N5O3. The second kappa shape index (κ2) is 3.73. The minimum atomic E-state index is -0.858. The number of H-pyrrole nitrogens is 1. The number of hydrogen-bond donors (Lipinski definition) is 2. The molecule has 3 rings (SSSR count). The Hall–Kier alpha value is -3.03. The smallest absolute Gasteiger partial charge is 0.305 e. The van der Waals surface area contributed by atoms with E-state index in [0.29, 0.717) is 4.90 Å². The maximum atomic E-state index is 12.1. The molecular weight excluding hydrogens is 250 g/mol. The van der Waals surface area contributed by atoms with Crippen LogP contribution in [0, 0.1) is 0 Å². The Balaban J connectivity index is 2.09. The summed E-state index contributed by atoms with van der Waals surface area (Å²) in [6.07, 6.45) is 1.11. The standard InChI is InChI=1S/C11H7N5O3/c12-6-3-1-2-5-7(6)10(18)16(9(5)17)11(19)8-13-4-14-15-8/h1-4H,12H2,(H,13,14,15). The van der Waals surface area contributed by atoms with Crippen molar-refractivity contribution >= 4 is 23.4 Å². The van der Waals surface area contributed by atoms with E-state index in [-0.39, 0.29) is 22.6 Å². The minimum absolute atomic E-state index is 0.0420. The number of carbonyl (C=O) groups excluding carboxylic acids is 3. The van der Waals surface area contributed by atoms with Crippen molar-refractivity contribution in [3.63, 3.8) is 0 Å². The van der Waals surface area contributed by atoms with Gasteiger partial charge in [-0.05, 0) is 12.1 Å². The van der Waals surface area contributed by atoms with Gasteiger partial charge in [0.05, 0.1) is 11.1 Å². The van der Waals surface area contributed by atoms with Crippen molar-refractivity contribution in [2.45, 2.75) is 0 Å². The molecule has 8 heteroatoms. The lowest BCUT2D eigenvalue weighted by Crippen LogP contribution is -2.36. The fourth-order valence-corrected chi connectivity index (χ4v) is 1.91. The van der Waals surface area contributed by atoms with E-state index in [2.05, 4.69) is 15.2 Å². The highest BCUT2D eigenvalue weighted by atomic mass is 16.2. The van der Waals surface area contributed by atoms with Crippen molar-refractivity contribution in [3.8, 4) is 0 Å². The van der Waals surface area contributed by atoms with Gasteiger partial charge >= 0.3 is 5.91 Å². The molecule has 94 valence electrons. The Bertz CT molecular complexity index is 707. The molecule has 0 bridgehead atoms. The van der Waals surface area contributed by atoms with Gasteiger partial charge in [-0.15, -0.1) is 0 Å². The Labute approximate surface area is 106 Å². The summed E-state index contributed by atoms with van der Waals surface area (Å²) in [6, 6.07) is 4.48. The van der Waals surface area contributed by atoms with Gasteiger partial charge in [-0.1, -0.05) is 6.07 Å². The predicted octanol–water partition coefficient (Wildman–Crippen LogP) is -0.177. The SMILES string of the molecule is Nc1cccc2c1C(=O)N(C(=O)c1ncn[nH]1)C2=O. The zero-order valence-corrected chi connectivity index (χ0v) is 9.45. The highest BCUT2D eigenvalue weighted by Crippen LogP contribution is 2.28. The normalized spacial score (nSPS) is 13.8. The maximum Gasteiger partial charge on any atom is 0.305 e. The van der Waals surface area contributed by atoms with Crippen LogP contribution in [0.15, 0.2) is 24.5 Å². The van der Waals surface area contributed by atoms with E-state index < -0.39 is 17.7 Å². The third-order valence-corrected chi connectivity index (χ3v) is 2.77. The number of carbonyl (C=O) groups is 3. The second-order valence-corrected chi connectivity index (χ2v) is 3.85. The van der Waals surface area contributed by atoms with Gasteiger partial charge in [-0.3, -0.25) is 19.5 Å². The van der Waals surface area contributed by atoms with Crippen molar-refractivity contribution in [3.05, 3.63) is 41.5 Å². The van der Waals surface area contributed by atoms with Crippen LogP contribution in [0.5, 0.6) is 0 Å². The number of aromatic amines is 1. The first kappa shape index (κ1) is 11.1. The number of nitrogen functional groups attached to an aromatic ring is 1. The molecule has 0 atom stereocenters. The van der Waals surface area contributed by atoms with E-state index in [1.54, 1.807) is 6.07 Å². The Kier molecular flexibility index (Phi) is 2.18. The van der Waals surface area contributed by atoms with Crippen molar-refractivity contribution in [2.24, 2.45) is 0 Å². The van der Waals surface area contributed by atoms with Crippen LogP contribution in [0.3, 0.4) is 0 Å². The molecule has 0 spiro atoms. The Morgan fingerprint density at radius 3 is 2.68 bits per heavy atom. The number of anilines is 1. The van der Waals surface area contributed by atoms with Crippen LogP contribution in [0.4, 0.5) is 5.69 Å². The summed E-state index contributed by atoms with van der Waals surface area (Å²) in [5.41, 5.74) is 5.97. The Morgan fingerprint density at radius 2 is 2.05 bits per heavy atom. The van der Waals surface area contributed by atoms with Crippen molar-refractivity contribution in [2.75, 3.05) is 5.73 Å². The lowest BCUT2D eigenvalue weighted by atomic mass is 10.1. The molecule has 2 heterocycles. The largest absolute Gasteiger partial charge is 0.398 e. The van der Waals surface area contributed by atoms with Gasteiger partial charge in [0.2, 0.25) is 5.82 Å². The number of aromatic nitrogens is 3. The summed E-state index contributed by atoms with van der Waals surface area (Å²) in [7, 11) is 0. The fourth-order valence-electron chi connectivity index (χ4n) is 1.91. The van der Waals surface area contributed by atoms with E-state index in [9.17, 15) is 14.4 Å². The van der Waals surface area contributed by atoms with Gasteiger partial charge in [0.25, 0.3) is 11.8 Å². The van der Waals surface area contributed by atoms with E-state index in [1.807, 2.05) is 0 Å². The molecule has 0 aliphatic carbocycles. The summed E-state index contributed by atoms with van der Waals surface area (Å²) in [5.74, 6) is -2.51. The van der Waals surface area contributed by atoms with Crippen LogP contribution in [0.2, 0.25) is 0 Å². The molecule has 1 aromatic heterocycles. The van der Waals surface area contributed by atoms with Gasteiger partial charge in [0.15, 0.2) is 0 Å². The molecule has 3 N–H and O–H groups in total. The zero-order chi connectivity index (χ0) is 13.6. The van der Waals surface area contributed by atoms with Crippen LogP contribution >= 0.6 is 0 Å². The molecule has 0 saturated carbocycles. The molecule has 0 saturated heterocycles. The second-order valence-electron chi connectivity index (χ2n) is 3.85. The van der Waals surface area contributed by atoms with Crippen molar-refractivity contribution < 1.29 is 14.4 Å². The van der Waals surface area contributed by atoms with Gasteiger partial charge in [0.1, 0.15) is 6.33 Å². The van der Waals surface area contributed by atoms with Crippen LogP contribution in [-0.2, 0) is 0 Å². The third-order valence-electron chi connectivity index (χ3n) is 2.77. The van der Waals surface area contributed by atoms with Crippen LogP contribution in [0.1, 0.15) is 31.3 Å². The molecule has 3 amide bonds. The lowest BCUT2D eigenvalue weighted by Gasteiger charge is -2.09. The summed E-state index contributed by atoms with van der Waals surface area (Å²) < 4.78 is 0. The van der Waals surface area contributed by atoms with Gasteiger partial charge in [0, 0.05) is 5.69 Å². The molecule has 0 unspecified atom stereocenters. The van der Waals surface area contributed by atoms with E-state index in [0.717, 1.165) is 6.33 Å². The van der Waals surface area contributed by atoms with Crippen LogP contribution in [0.25, 0.3) is 0 Å². The molecule has 0 radical (unpaired) electrons. The van der Waals surface area contributed by atoms with E-state index in [1.165, 1.54) is 12.1 Å². The van der Waals surface area contributed by atoms with Crippen molar-refractivity contribution in [1.29, 1.82) is 0 Å². The number of amides is 3.